The van der Waals surface area contributed by atoms with Crippen molar-refractivity contribution >= 4 is 69.9 Å². The molecule has 0 saturated carbocycles. The lowest BCUT2D eigenvalue weighted by atomic mass is 9.99. The molecule has 4 aromatic carbocycles. The Hall–Kier alpha value is -5.87. The minimum absolute atomic E-state index is 1.09. The van der Waals surface area contributed by atoms with Crippen molar-refractivity contribution in [3.8, 4) is 11.1 Å². The summed E-state index contributed by atoms with van der Waals surface area (Å²) in [4.78, 5) is 6.19. The van der Waals surface area contributed by atoms with Crippen LogP contribution in [0.5, 0.6) is 0 Å². The Morgan fingerprint density at radius 3 is 2.25 bits per heavy atom. The van der Waals surface area contributed by atoms with E-state index in [9.17, 15) is 0 Å². The van der Waals surface area contributed by atoms with Gasteiger partial charge in [0.05, 0.1) is 0 Å². The number of rotatable bonds is 14. The minimum Gasteiger partial charge on any atom is -0.314 e. The number of allylic oxidation sites excluding steroid dienone is 14. The van der Waals surface area contributed by atoms with Crippen LogP contribution in [-0.2, 0) is 0 Å². The zero-order valence-electron chi connectivity index (χ0n) is 36.2. The van der Waals surface area contributed by atoms with Crippen LogP contribution < -0.4 is 14.7 Å². The summed E-state index contributed by atoms with van der Waals surface area (Å²) in [6.45, 7) is 19.4. The SMILES string of the molecule is C=Cc1c(/C=C\C)sc(=C\C(\C=C(/C)N(c2ccc(C(/C=C\C)=C/C)cc2)c2cccc(-c3ccccc3)c2)=C(\C)c2ccccc2SC2=C(C)CCC=C2)/c1=C\C=C/C. The van der Waals surface area contributed by atoms with Gasteiger partial charge in [-0.3, -0.25) is 0 Å². The van der Waals surface area contributed by atoms with Gasteiger partial charge in [-0.2, -0.15) is 0 Å². The summed E-state index contributed by atoms with van der Waals surface area (Å²) in [6, 6.07) is 37.4. The molecular weight excluding hydrogens is 763 g/mol. The fourth-order valence-electron chi connectivity index (χ4n) is 7.51. The van der Waals surface area contributed by atoms with Crippen molar-refractivity contribution in [2.45, 2.75) is 66.2 Å². The first-order valence-electron chi connectivity index (χ1n) is 20.9. The zero-order valence-corrected chi connectivity index (χ0v) is 37.8. The van der Waals surface area contributed by atoms with Crippen LogP contribution in [0.3, 0.4) is 0 Å². The van der Waals surface area contributed by atoms with Gasteiger partial charge in [0.25, 0.3) is 0 Å². The van der Waals surface area contributed by atoms with Crippen molar-refractivity contribution in [1.82, 2.24) is 0 Å². The third-order valence-electron chi connectivity index (χ3n) is 10.7. The Labute approximate surface area is 367 Å². The smallest absolute Gasteiger partial charge is 0.0464 e. The number of anilines is 2. The molecule has 1 heterocycles. The molecule has 0 unspecified atom stereocenters. The second kappa shape index (κ2) is 21.4. The Bertz CT molecular complexity index is 2690. The molecule has 0 bridgehead atoms. The third kappa shape index (κ3) is 10.5. The minimum atomic E-state index is 1.09. The summed E-state index contributed by atoms with van der Waals surface area (Å²) in [7, 11) is 0. The average Bonchev–Trinajstić information content (AvgIpc) is 3.61. The van der Waals surface area contributed by atoms with E-state index >= 15 is 0 Å². The topological polar surface area (TPSA) is 3.24 Å². The van der Waals surface area contributed by atoms with E-state index in [1.54, 1.807) is 0 Å². The molecule has 1 aromatic heterocycles. The second-order valence-electron chi connectivity index (χ2n) is 14.8. The molecule has 60 heavy (non-hydrogen) atoms. The van der Waals surface area contributed by atoms with Gasteiger partial charge in [-0.25, -0.2) is 0 Å². The quantitative estimate of drug-likeness (QED) is 0.103. The van der Waals surface area contributed by atoms with Gasteiger partial charge in [0.2, 0.25) is 0 Å². The van der Waals surface area contributed by atoms with Gasteiger partial charge < -0.3 is 4.90 Å². The summed E-state index contributed by atoms with van der Waals surface area (Å²) >= 11 is 3.69. The van der Waals surface area contributed by atoms with Crippen LogP contribution in [0, 0.1) is 0 Å². The summed E-state index contributed by atoms with van der Waals surface area (Å²) < 4.78 is 1.19. The van der Waals surface area contributed by atoms with Crippen LogP contribution in [0.2, 0.25) is 0 Å². The molecular formula is C57H57NS2. The second-order valence-corrected chi connectivity index (χ2v) is 17.0. The van der Waals surface area contributed by atoms with E-state index in [1.807, 2.05) is 29.2 Å². The largest absolute Gasteiger partial charge is 0.314 e. The molecule has 0 saturated heterocycles. The highest BCUT2D eigenvalue weighted by Gasteiger charge is 2.17. The van der Waals surface area contributed by atoms with Gasteiger partial charge in [0.15, 0.2) is 0 Å². The standard InChI is InChI=1S/C57H57NS2/c1-9-14-30-53-51(13-5)55(24-11-3)60-57(53)40-48(43(8)52-31-19-21-33-56(52)59-54-32-20-18-25-41(54)6)38-42(7)58(49-36-34-46(35-37-49)44(12-4)23-10-2)50-29-22-28-47(39-50)45-26-16-15-17-27-45/h9-17,19-24,26-40H,5,18,25H2,1-4,6-8H3/b14-9-,23-10-,24-11-,42-38+,44-12+,48-43-,53-30-,57-40-. The molecule has 5 aromatic rings. The van der Waals surface area contributed by atoms with Crippen molar-refractivity contribution in [3.05, 3.63) is 217 Å². The average molecular weight is 820 g/mol. The molecule has 1 aliphatic carbocycles. The lowest BCUT2D eigenvalue weighted by Gasteiger charge is -2.27. The predicted octanol–water partition coefficient (Wildman–Crippen LogP) is 16.1. The van der Waals surface area contributed by atoms with E-state index in [2.05, 4.69) is 236 Å². The van der Waals surface area contributed by atoms with E-state index in [-0.39, 0.29) is 0 Å². The molecule has 0 atom stereocenters. The number of hydrogen-bond donors (Lipinski definition) is 0. The third-order valence-corrected chi connectivity index (χ3v) is 13.1. The first-order valence-corrected chi connectivity index (χ1v) is 22.5. The normalized spacial score (nSPS) is 14.9. The van der Waals surface area contributed by atoms with Gasteiger partial charge in [-0.1, -0.05) is 157 Å². The molecule has 3 heteroatoms. The van der Waals surface area contributed by atoms with Crippen molar-refractivity contribution in [1.29, 1.82) is 0 Å². The highest BCUT2D eigenvalue weighted by atomic mass is 32.2. The van der Waals surface area contributed by atoms with Crippen LogP contribution in [-0.4, -0.2) is 0 Å². The number of nitrogens with zero attached hydrogens (tertiary/aromatic N) is 1. The molecule has 0 spiro atoms. The van der Waals surface area contributed by atoms with Crippen molar-refractivity contribution < 1.29 is 0 Å². The number of thioether (sulfide) groups is 1. The highest BCUT2D eigenvalue weighted by Crippen LogP contribution is 2.40. The zero-order chi connectivity index (χ0) is 42.4. The fraction of sp³-hybridized carbons (Fsp3) is 0.158. The van der Waals surface area contributed by atoms with E-state index < -0.39 is 0 Å². The Balaban J connectivity index is 1.63. The number of thiophene rings is 1. The fourth-order valence-corrected chi connectivity index (χ4v) is 9.88. The molecule has 302 valence electrons. The van der Waals surface area contributed by atoms with Gasteiger partial charge >= 0.3 is 0 Å². The van der Waals surface area contributed by atoms with E-state index in [4.69, 9.17) is 0 Å². The molecule has 0 amide bonds. The summed E-state index contributed by atoms with van der Waals surface area (Å²) in [5.74, 6) is 0. The Morgan fingerprint density at radius 2 is 1.55 bits per heavy atom. The molecule has 0 fully saturated rings. The van der Waals surface area contributed by atoms with Crippen molar-refractivity contribution in [3.63, 3.8) is 0 Å². The van der Waals surface area contributed by atoms with Crippen molar-refractivity contribution in [2.75, 3.05) is 4.90 Å². The predicted molar refractivity (Wildman–Crippen MR) is 271 cm³/mol. The Kier molecular flexibility index (Phi) is 15.6. The summed E-state index contributed by atoms with van der Waals surface area (Å²) in [5, 5.41) is 1.18. The monoisotopic (exact) mass is 819 g/mol. The van der Waals surface area contributed by atoms with Gasteiger partial charge in [-0.05, 0) is 154 Å². The first-order chi connectivity index (χ1) is 29.3. The highest BCUT2D eigenvalue weighted by molar-refractivity contribution is 8.03. The van der Waals surface area contributed by atoms with E-state index in [1.165, 1.54) is 63.4 Å². The maximum atomic E-state index is 4.26. The van der Waals surface area contributed by atoms with Crippen LogP contribution in [0.1, 0.15) is 82.9 Å². The van der Waals surface area contributed by atoms with E-state index in [0.717, 1.165) is 41.1 Å². The molecule has 1 aliphatic rings. The lowest BCUT2D eigenvalue weighted by molar-refractivity contribution is 0.957. The molecule has 1 nitrogen and oxygen atoms in total. The maximum Gasteiger partial charge on any atom is 0.0464 e. The number of hydrogen-bond acceptors (Lipinski definition) is 3. The number of benzene rings is 4. The van der Waals surface area contributed by atoms with Crippen LogP contribution in [0.15, 0.2) is 191 Å². The molecule has 0 aliphatic heterocycles. The van der Waals surface area contributed by atoms with E-state index in [0.29, 0.717) is 0 Å². The molecule has 6 rings (SSSR count). The van der Waals surface area contributed by atoms with Gasteiger partial charge in [-0.15, -0.1) is 11.3 Å². The van der Waals surface area contributed by atoms with Crippen LogP contribution in [0.25, 0.3) is 46.6 Å². The maximum absolute atomic E-state index is 4.26. The lowest BCUT2D eigenvalue weighted by Crippen LogP contribution is -2.20. The van der Waals surface area contributed by atoms with Crippen LogP contribution in [0.4, 0.5) is 11.4 Å². The summed E-state index contributed by atoms with van der Waals surface area (Å²) in [6.07, 6.45) is 30.8. The summed E-state index contributed by atoms with van der Waals surface area (Å²) in [5.41, 5.74) is 14.2. The van der Waals surface area contributed by atoms with Crippen molar-refractivity contribution in [2.24, 2.45) is 0 Å². The molecule has 0 N–H and O–H groups in total. The molecule has 0 radical (unpaired) electrons. The van der Waals surface area contributed by atoms with Crippen LogP contribution >= 0.6 is 23.1 Å². The Morgan fingerprint density at radius 1 is 0.800 bits per heavy atom. The first kappa shape index (κ1) is 43.7. The van der Waals surface area contributed by atoms with Gasteiger partial charge in [0, 0.05) is 41.5 Å². The van der Waals surface area contributed by atoms with Gasteiger partial charge in [0.1, 0.15) is 0 Å².